The Kier molecular flexibility index (Phi) is 2.36. The molecule has 0 aromatic carbocycles. The van der Waals surface area contributed by atoms with Crippen molar-refractivity contribution in [3.05, 3.63) is 23.1 Å². The Morgan fingerprint density at radius 2 is 2.24 bits per heavy atom. The van der Waals surface area contributed by atoms with Crippen LogP contribution in [-0.2, 0) is 12.8 Å². The highest BCUT2D eigenvalue weighted by Gasteiger charge is 2.25. The molecule has 0 saturated heterocycles. The Morgan fingerprint density at radius 3 is 2.94 bits per heavy atom. The van der Waals surface area contributed by atoms with E-state index in [1.165, 1.54) is 5.69 Å². The molecule has 1 unspecified atom stereocenters. The van der Waals surface area contributed by atoms with Crippen molar-refractivity contribution in [2.45, 2.75) is 32.6 Å². The second kappa shape index (κ2) is 3.77. The topological polar surface area (TPSA) is 69.1 Å². The maximum Gasteiger partial charge on any atom is 0.177 e. The monoisotopic (exact) mass is 231 g/mol. The van der Waals surface area contributed by atoms with E-state index in [9.17, 15) is 0 Å². The van der Waals surface area contributed by atoms with Gasteiger partial charge in [0.25, 0.3) is 0 Å². The molecule has 2 heterocycles. The fraction of sp³-hybridized carbons (Fsp3) is 0.583. The maximum absolute atomic E-state index is 5.73. The van der Waals surface area contributed by atoms with Gasteiger partial charge in [-0.05, 0) is 31.2 Å². The Bertz CT molecular complexity index is 557. The van der Waals surface area contributed by atoms with E-state index < -0.39 is 0 Å². The van der Waals surface area contributed by atoms with Gasteiger partial charge in [0.15, 0.2) is 5.65 Å². The molecule has 0 fully saturated rings. The molecule has 0 radical (unpaired) electrons. The summed E-state index contributed by atoms with van der Waals surface area (Å²) in [6, 6.07) is 2.02. The van der Waals surface area contributed by atoms with Gasteiger partial charge < -0.3 is 5.73 Å². The van der Waals surface area contributed by atoms with Crippen LogP contribution < -0.4 is 5.73 Å². The molecular weight excluding hydrogens is 214 g/mol. The van der Waals surface area contributed by atoms with Gasteiger partial charge >= 0.3 is 0 Å². The van der Waals surface area contributed by atoms with Crippen LogP contribution in [0.5, 0.6) is 0 Å². The minimum Gasteiger partial charge on any atom is -0.330 e. The lowest BCUT2D eigenvalue weighted by molar-refractivity contribution is 0.565. The van der Waals surface area contributed by atoms with Crippen molar-refractivity contribution in [3.63, 3.8) is 0 Å². The van der Waals surface area contributed by atoms with Crippen molar-refractivity contribution in [1.82, 2.24) is 19.8 Å². The van der Waals surface area contributed by atoms with E-state index in [2.05, 4.69) is 29.1 Å². The molecule has 0 aliphatic heterocycles. The van der Waals surface area contributed by atoms with Gasteiger partial charge in [-0.2, -0.15) is 10.2 Å². The van der Waals surface area contributed by atoms with Gasteiger partial charge in [0.1, 0.15) is 0 Å². The fourth-order valence-corrected chi connectivity index (χ4v) is 2.38. The van der Waals surface area contributed by atoms with Gasteiger partial charge in [0, 0.05) is 6.07 Å². The second-order valence-electron chi connectivity index (χ2n) is 5.10. The minimum absolute atomic E-state index is 0.416. The molecule has 17 heavy (non-hydrogen) atoms. The summed E-state index contributed by atoms with van der Waals surface area (Å²) < 4.78 is 1.95. The lowest BCUT2D eigenvalue weighted by atomic mass is 10.1. The predicted octanol–water partition coefficient (Wildman–Crippen LogP) is 0.921. The largest absolute Gasteiger partial charge is 0.330 e. The smallest absolute Gasteiger partial charge is 0.177 e. The molecule has 2 aromatic rings. The summed E-state index contributed by atoms with van der Waals surface area (Å²) in [5.74, 6) is 0.913. The highest BCUT2D eigenvalue weighted by molar-refractivity contribution is 5.41. The lowest BCUT2D eigenvalue weighted by Crippen LogP contribution is -2.14. The second-order valence-corrected chi connectivity index (χ2v) is 5.10. The van der Waals surface area contributed by atoms with Crippen molar-refractivity contribution in [2.24, 2.45) is 11.7 Å². The molecule has 90 valence electrons. The minimum atomic E-state index is 0.416. The summed E-state index contributed by atoms with van der Waals surface area (Å²) in [6.07, 6.45) is 1.91. The molecule has 0 bridgehead atoms. The van der Waals surface area contributed by atoms with Crippen LogP contribution in [0.3, 0.4) is 0 Å². The van der Waals surface area contributed by atoms with Crippen LogP contribution in [0.25, 0.3) is 5.65 Å². The van der Waals surface area contributed by atoms with Crippen molar-refractivity contribution in [3.8, 4) is 0 Å². The molecule has 0 amide bonds. The summed E-state index contributed by atoms with van der Waals surface area (Å²) in [7, 11) is 0. The number of hydrogen-bond donors (Lipinski definition) is 1. The summed E-state index contributed by atoms with van der Waals surface area (Å²) >= 11 is 0. The molecule has 5 nitrogen and oxygen atoms in total. The quantitative estimate of drug-likeness (QED) is 0.834. The molecule has 2 N–H and O–H groups in total. The standard InChI is InChI=1S/C12H17N5/c1-7(2)9-5-12-15-14-10-3-8(6-13)4-11(10)17(12)16-9/h5,7-8H,3-4,6,13H2,1-2H3. The molecular formula is C12H17N5. The van der Waals surface area contributed by atoms with Crippen molar-refractivity contribution in [2.75, 3.05) is 6.54 Å². The highest BCUT2D eigenvalue weighted by atomic mass is 15.3. The van der Waals surface area contributed by atoms with Crippen LogP contribution in [0.1, 0.15) is 36.8 Å². The molecule has 1 aliphatic carbocycles. The zero-order valence-corrected chi connectivity index (χ0v) is 10.2. The van der Waals surface area contributed by atoms with Crippen molar-refractivity contribution < 1.29 is 0 Å². The van der Waals surface area contributed by atoms with Gasteiger partial charge in [-0.3, -0.25) is 0 Å². The molecule has 1 aliphatic rings. The normalized spacial score (nSPS) is 19.2. The lowest BCUT2D eigenvalue weighted by Gasteiger charge is -2.02. The van der Waals surface area contributed by atoms with E-state index in [1.807, 2.05) is 10.6 Å². The van der Waals surface area contributed by atoms with Gasteiger partial charge in [-0.1, -0.05) is 13.8 Å². The summed E-state index contributed by atoms with van der Waals surface area (Å²) in [5.41, 5.74) is 9.91. The Balaban J connectivity index is 2.13. The third-order valence-electron chi connectivity index (χ3n) is 3.46. The first-order valence-electron chi connectivity index (χ1n) is 6.13. The van der Waals surface area contributed by atoms with Gasteiger partial charge in [0.05, 0.1) is 17.1 Å². The first-order valence-corrected chi connectivity index (χ1v) is 6.13. The average molecular weight is 231 g/mol. The van der Waals surface area contributed by atoms with Crippen LogP contribution in [-0.4, -0.2) is 26.4 Å². The molecule has 0 spiro atoms. The van der Waals surface area contributed by atoms with Crippen molar-refractivity contribution >= 4 is 5.65 Å². The van der Waals surface area contributed by atoms with E-state index in [1.54, 1.807) is 0 Å². The first kappa shape index (κ1) is 10.7. The third kappa shape index (κ3) is 1.61. The summed E-state index contributed by atoms with van der Waals surface area (Å²) in [6.45, 7) is 4.98. The van der Waals surface area contributed by atoms with Crippen LogP contribution in [0.4, 0.5) is 0 Å². The molecule has 2 aromatic heterocycles. The Labute approximate surface area is 100 Å². The van der Waals surface area contributed by atoms with Crippen LogP contribution >= 0.6 is 0 Å². The Hall–Kier alpha value is -1.49. The third-order valence-corrected chi connectivity index (χ3v) is 3.46. The predicted molar refractivity (Wildman–Crippen MR) is 64.8 cm³/mol. The maximum atomic E-state index is 5.73. The molecule has 0 saturated carbocycles. The van der Waals surface area contributed by atoms with E-state index in [0.29, 0.717) is 18.4 Å². The number of hydrogen-bond acceptors (Lipinski definition) is 4. The zero-order valence-electron chi connectivity index (χ0n) is 10.2. The average Bonchev–Trinajstić information content (AvgIpc) is 2.91. The molecule has 3 rings (SSSR count). The molecule has 5 heteroatoms. The number of nitrogens with two attached hydrogens (primary N) is 1. The van der Waals surface area contributed by atoms with E-state index in [-0.39, 0.29) is 0 Å². The van der Waals surface area contributed by atoms with Crippen molar-refractivity contribution in [1.29, 1.82) is 0 Å². The number of rotatable bonds is 2. The zero-order chi connectivity index (χ0) is 12.0. The Morgan fingerprint density at radius 1 is 1.41 bits per heavy atom. The number of aromatic nitrogens is 4. The van der Waals surface area contributed by atoms with E-state index in [0.717, 1.165) is 29.9 Å². The summed E-state index contributed by atoms with van der Waals surface area (Å²) in [4.78, 5) is 0. The summed E-state index contributed by atoms with van der Waals surface area (Å²) in [5, 5.41) is 13.2. The molecule has 1 atom stereocenters. The fourth-order valence-electron chi connectivity index (χ4n) is 2.38. The van der Waals surface area contributed by atoms with Crippen LogP contribution in [0, 0.1) is 5.92 Å². The van der Waals surface area contributed by atoms with Gasteiger partial charge in [0.2, 0.25) is 0 Å². The van der Waals surface area contributed by atoms with Gasteiger partial charge in [-0.25, -0.2) is 4.52 Å². The first-order chi connectivity index (χ1) is 8.19. The number of fused-ring (bicyclic) bond motifs is 3. The van der Waals surface area contributed by atoms with Crippen LogP contribution in [0.15, 0.2) is 6.07 Å². The SMILES string of the molecule is CC(C)c1cc2nnc3c(n2n1)CC(CN)C3. The number of nitrogens with zero attached hydrogens (tertiary/aromatic N) is 4. The van der Waals surface area contributed by atoms with Crippen LogP contribution in [0.2, 0.25) is 0 Å². The van der Waals surface area contributed by atoms with E-state index >= 15 is 0 Å². The van der Waals surface area contributed by atoms with Gasteiger partial charge in [-0.15, -0.1) is 5.10 Å². The highest BCUT2D eigenvalue weighted by Crippen LogP contribution is 2.25. The van der Waals surface area contributed by atoms with E-state index in [4.69, 9.17) is 5.73 Å².